The molecule has 6 nitrogen and oxygen atoms in total. The summed E-state index contributed by atoms with van der Waals surface area (Å²) in [6.07, 6.45) is 0.835. The van der Waals surface area contributed by atoms with Gasteiger partial charge in [0.2, 0.25) is 0 Å². The maximum Gasteiger partial charge on any atom is 0.282 e. The Hall–Kier alpha value is -1.95. The minimum absolute atomic E-state index is 0.108. The second kappa shape index (κ2) is 6.00. The number of nitrogens with one attached hydrogen (secondary N) is 1. The van der Waals surface area contributed by atoms with Crippen LogP contribution < -0.4 is 5.32 Å². The van der Waals surface area contributed by atoms with Crippen molar-refractivity contribution in [2.45, 2.75) is 26.3 Å². The van der Waals surface area contributed by atoms with Crippen LogP contribution in [0, 0.1) is 17.0 Å². The fraction of sp³-hybridized carbons (Fsp3) is 0.500. The fourth-order valence-corrected chi connectivity index (χ4v) is 2.41. The molecule has 1 aromatic rings. The molecule has 1 aliphatic heterocycles. The molecule has 0 unspecified atom stereocenters. The highest BCUT2D eigenvalue weighted by Gasteiger charge is 2.32. The lowest BCUT2D eigenvalue weighted by Gasteiger charge is -2.38. The van der Waals surface area contributed by atoms with Gasteiger partial charge in [-0.05, 0) is 18.9 Å². The van der Waals surface area contributed by atoms with Crippen LogP contribution in [0.2, 0.25) is 0 Å². The van der Waals surface area contributed by atoms with Gasteiger partial charge in [-0.1, -0.05) is 19.1 Å². The van der Waals surface area contributed by atoms with Gasteiger partial charge in [0.25, 0.3) is 11.6 Å². The first kappa shape index (κ1) is 14.5. The second-order valence-corrected chi connectivity index (χ2v) is 5.04. The van der Waals surface area contributed by atoms with E-state index in [2.05, 4.69) is 5.32 Å². The van der Waals surface area contributed by atoms with Crippen molar-refractivity contribution >= 4 is 11.6 Å². The average molecular weight is 277 g/mol. The summed E-state index contributed by atoms with van der Waals surface area (Å²) in [5.41, 5.74) is 0.763. The highest BCUT2D eigenvalue weighted by Crippen LogP contribution is 2.25. The van der Waals surface area contributed by atoms with Crippen LogP contribution in [0.25, 0.3) is 0 Å². The largest absolute Gasteiger partial charge is 0.333 e. The number of nitro benzene ring substituents is 1. The maximum absolute atomic E-state index is 12.7. The standard InChI is InChI=1S/C14H19N3O3/c1-3-7-16(11-8-15-9-11)14(18)13-10(2)5-4-6-12(13)17(19)20/h4-6,11,15H,3,7-9H2,1-2H3. The van der Waals surface area contributed by atoms with Gasteiger partial charge in [-0.2, -0.15) is 0 Å². The summed E-state index contributed by atoms with van der Waals surface area (Å²) in [6.45, 7) is 5.87. The molecule has 20 heavy (non-hydrogen) atoms. The van der Waals surface area contributed by atoms with E-state index in [4.69, 9.17) is 0 Å². The highest BCUT2D eigenvalue weighted by molar-refractivity contribution is 5.99. The number of hydrogen-bond acceptors (Lipinski definition) is 4. The van der Waals surface area contributed by atoms with Crippen LogP contribution in [-0.2, 0) is 0 Å². The van der Waals surface area contributed by atoms with E-state index in [1.807, 2.05) is 6.92 Å². The van der Waals surface area contributed by atoms with Crippen molar-refractivity contribution in [1.82, 2.24) is 10.2 Å². The smallest absolute Gasteiger partial charge is 0.282 e. The zero-order valence-electron chi connectivity index (χ0n) is 11.8. The van der Waals surface area contributed by atoms with Crippen LogP contribution in [0.3, 0.4) is 0 Å². The molecule has 1 fully saturated rings. The molecule has 0 radical (unpaired) electrons. The van der Waals surface area contributed by atoms with Gasteiger partial charge < -0.3 is 10.2 Å². The van der Waals surface area contributed by atoms with E-state index >= 15 is 0 Å². The Balaban J connectivity index is 2.37. The Morgan fingerprint density at radius 3 is 2.70 bits per heavy atom. The minimum Gasteiger partial charge on any atom is -0.333 e. The van der Waals surface area contributed by atoms with E-state index in [1.165, 1.54) is 6.07 Å². The van der Waals surface area contributed by atoms with Crippen LogP contribution in [0.4, 0.5) is 5.69 Å². The van der Waals surface area contributed by atoms with E-state index in [0.717, 1.165) is 19.5 Å². The summed E-state index contributed by atoms with van der Waals surface area (Å²) in [5, 5.41) is 14.3. The lowest BCUT2D eigenvalue weighted by molar-refractivity contribution is -0.385. The molecule has 1 aliphatic rings. The fourth-order valence-electron chi connectivity index (χ4n) is 2.41. The van der Waals surface area contributed by atoms with Crippen LogP contribution in [0.1, 0.15) is 29.3 Å². The van der Waals surface area contributed by atoms with Crippen molar-refractivity contribution in [3.63, 3.8) is 0 Å². The summed E-state index contributed by atoms with van der Waals surface area (Å²) in [7, 11) is 0. The van der Waals surface area contributed by atoms with E-state index in [9.17, 15) is 14.9 Å². The molecule has 108 valence electrons. The second-order valence-electron chi connectivity index (χ2n) is 5.04. The van der Waals surface area contributed by atoms with E-state index < -0.39 is 4.92 Å². The average Bonchev–Trinajstić information content (AvgIpc) is 2.35. The van der Waals surface area contributed by atoms with Gasteiger partial charge in [0, 0.05) is 25.7 Å². The molecule has 1 saturated heterocycles. The molecular formula is C14H19N3O3. The zero-order chi connectivity index (χ0) is 14.7. The molecular weight excluding hydrogens is 258 g/mol. The number of nitro groups is 1. The first-order valence-corrected chi connectivity index (χ1v) is 6.82. The number of aryl methyl sites for hydroxylation is 1. The van der Waals surface area contributed by atoms with Crippen molar-refractivity contribution in [2.75, 3.05) is 19.6 Å². The number of nitrogens with zero attached hydrogens (tertiary/aromatic N) is 2. The predicted molar refractivity (Wildman–Crippen MR) is 75.8 cm³/mol. The Kier molecular flexibility index (Phi) is 4.34. The Morgan fingerprint density at radius 1 is 1.50 bits per heavy atom. The van der Waals surface area contributed by atoms with Crippen molar-refractivity contribution in [3.8, 4) is 0 Å². The molecule has 1 aromatic carbocycles. The number of carbonyl (C=O) groups excluding carboxylic acids is 1. The Morgan fingerprint density at radius 2 is 2.20 bits per heavy atom. The third kappa shape index (κ3) is 2.65. The summed E-state index contributed by atoms with van der Waals surface area (Å²) < 4.78 is 0. The lowest BCUT2D eigenvalue weighted by atomic mass is 10.0. The van der Waals surface area contributed by atoms with E-state index in [-0.39, 0.29) is 23.2 Å². The SMILES string of the molecule is CCCN(C(=O)c1c(C)cccc1[N+](=O)[O-])C1CNC1. The van der Waals surface area contributed by atoms with Gasteiger partial charge in [-0.25, -0.2) is 0 Å². The Labute approximate surface area is 117 Å². The number of amides is 1. The molecule has 0 atom stereocenters. The summed E-state index contributed by atoms with van der Waals surface area (Å²) in [4.78, 5) is 25.1. The van der Waals surface area contributed by atoms with Crippen LogP contribution >= 0.6 is 0 Å². The first-order valence-electron chi connectivity index (χ1n) is 6.82. The minimum atomic E-state index is -0.483. The summed E-state index contributed by atoms with van der Waals surface area (Å²) in [6, 6.07) is 4.88. The first-order chi connectivity index (χ1) is 9.56. The number of benzene rings is 1. The normalized spacial score (nSPS) is 14.7. The summed E-state index contributed by atoms with van der Waals surface area (Å²) >= 11 is 0. The highest BCUT2D eigenvalue weighted by atomic mass is 16.6. The lowest BCUT2D eigenvalue weighted by Crippen LogP contribution is -2.59. The van der Waals surface area contributed by atoms with Crippen LogP contribution in [0.15, 0.2) is 18.2 Å². The Bertz CT molecular complexity index is 526. The molecule has 6 heteroatoms. The molecule has 1 amide bonds. The van der Waals surface area contributed by atoms with Crippen LogP contribution in [-0.4, -0.2) is 41.4 Å². The predicted octanol–water partition coefficient (Wildman–Crippen LogP) is 1.73. The maximum atomic E-state index is 12.7. The topological polar surface area (TPSA) is 75.5 Å². The molecule has 1 heterocycles. The van der Waals surface area contributed by atoms with Crippen molar-refractivity contribution < 1.29 is 9.72 Å². The van der Waals surface area contributed by atoms with E-state index in [0.29, 0.717) is 12.1 Å². The van der Waals surface area contributed by atoms with Gasteiger partial charge in [0.05, 0.1) is 11.0 Å². The van der Waals surface area contributed by atoms with Crippen molar-refractivity contribution in [3.05, 3.63) is 39.4 Å². The molecule has 0 saturated carbocycles. The quantitative estimate of drug-likeness (QED) is 0.657. The molecule has 2 rings (SSSR count). The van der Waals surface area contributed by atoms with Crippen molar-refractivity contribution in [1.29, 1.82) is 0 Å². The molecule has 1 N–H and O–H groups in total. The molecule has 0 spiro atoms. The summed E-state index contributed by atoms with van der Waals surface area (Å²) in [5.74, 6) is -0.233. The third-order valence-corrected chi connectivity index (χ3v) is 3.59. The van der Waals surface area contributed by atoms with Gasteiger partial charge in [0.1, 0.15) is 5.56 Å². The molecule has 0 aromatic heterocycles. The molecule has 0 bridgehead atoms. The van der Waals surface area contributed by atoms with Crippen LogP contribution in [0.5, 0.6) is 0 Å². The third-order valence-electron chi connectivity index (χ3n) is 3.59. The molecule has 0 aliphatic carbocycles. The number of hydrogen-bond donors (Lipinski definition) is 1. The number of rotatable bonds is 5. The van der Waals surface area contributed by atoms with Gasteiger partial charge in [-0.15, -0.1) is 0 Å². The van der Waals surface area contributed by atoms with Gasteiger partial charge in [-0.3, -0.25) is 14.9 Å². The zero-order valence-corrected chi connectivity index (χ0v) is 11.8. The van der Waals surface area contributed by atoms with Gasteiger partial charge >= 0.3 is 0 Å². The number of carbonyl (C=O) groups is 1. The van der Waals surface area contributed by atoms with Gasteiger partial charge in [0.15, 0.2) is 0 Å². The van der Waals surface area contributed by atoms with Crippen molar-refractivity contribution in [2.24, 2.45) is 0 Å². The monoisotopic (exact) mass is 277 g/mol. The van der Waals surface area contributed by atoms with E-state index in [1.54, 1.807) is 24.0 Å².